The second-order valence-electron chi connectivity index (χ2n) is 2.56. The van der Waals surface area contributed by atoms with E-state index in [1.807, 2.05) is 0 Å². The lowest BCUT2D eigenvalue weighted by Crippen LogP contribution is -2.39. The van der Waals surface area contributed by atoms with Gasteiger partial charge in [0, 0.05) is 6.61 Å². The van der Waals surface area contributed by atoms with Crippen LogP contribution in [0.5, 0.6) is 0 Å². The van der Waals surface area contributed by atoms with Gasteiger partial charge in [-0.3, -0.25) is 4.55 Å². The van der Waals surface area contributed by atoms with Crippen molar-refractivity contribution in [2.75, 3.05) is 13.2 Å². The Balaban J connectivity index is 4.22. The zero-order chi connectivity index (χ0) is 12.1. The van der Waals surface area contributed by atoms with Crippen LogP contribution in [0.3, 0.4) is 0 Å². The van der Waals surface area contributed by atoms with Gasteiger partial charge in [-0.15, -0.1) is 0 Å². The average Bonchev–Trinajstić information content (AvgIpc) is 2.10. The highest BCUT2D eigenvalue weighted by atomic mass is 32.2. The Morgan fingerprint density at radius 1 is 1.33 bits per heavy atom. The summed E-state index contributed by atoms with van der Waals surface area (Å²) >= 11 is 0. The van der Waals surface area contributed by atoms with Crippen molar-refractivity contribution in [1.29, 1.82) is 0 Å². The van der Waals surface area contributed by atoms with E-state index in [0.29, 0.717) is 0 Å². The van der Waals surface area contributed by atoms with E-state index in [4.69, 9.17) is 9.66 Å². The van der Waals surface area contributed by atoms with Crippen molar-refractivity contribution < 1.29 is 36.4 Å². The number of hydrogen-bond donors (Lipinski definition) is 2. The number of halogens is 2. The first-order chi connectivity index (χ1) is 6.73. The van der Waals surface area contributed by atoms with Gasteiger partial charge in [-0.25, -0.2) is 4.79 Å². The molecule has 0 bridgehead atoms. The van der Waals surface area contributed by atoms with Gasteiger partial charge in [0.15, 0.2) is 0 Å². The fraction of sp³-hybridized carbons (Fsp3) is 0.833. The highest BCUT2D eigenvalue weighted by Crippen LogP contribution is 2.22. The normalized spacial score (nSPS) is 12.5. The highest BCUT2D eigenvalue weighted by molar-refractivity contribution is 7.87. The lowest BCUT2D eigenvalue weighted by atomic mass is 10.3. The van der Waals surface area contributed by atoms with Crippen LogP contribution in [0.15, 0.2) is 0 Å². The van der Waals surface area contributed by atoms with E-state index < -0.39 is 27.9 Å². The predicted octanol–water partition coefficient (Wildman–Crippen LogP) is -0.217. The lowest BCUT2D eigenvalue weighted by molar-refractivity contribution is -0.161. The van der Waals surface area contributed by atoms with Crippen molar-refractivity contribution >= 4 is 16.1 Å². The molecular formula is C6H10F2O6S. The fourth-order valence-electron chi connectivity index (χ4n) is 0.568. The van der Waals surface area contributed by atoms with E-state index in [0.717, 1.165) is 0 Å². The number of ether oxygens (including phenoxy) is 1. The monoisotopic (exact) mass is 248 g/mol. The maximum Gasteiger partial charge on any atom is 0.465 e. The van der Waals surface area contributed by atoms with Crippen molar-refractivity contribution in [2.24, 2.45) is 0 Å². The first kappa shape index (κ1) is 14.2. The second kappa shape index (κ2) is 5.33. The van der Waals surface area contributed by atoms with Crippen LogP contribution in [0.1, 0.15) is 12.8 Å². The number of hydrogen-bond acceptors (Lipinski definition) is 5. The molecule has 2 N–H and O–H groups in total. The second-order valence-corrected chi connectivity index (χ2v) is 4.02. The zero-order valence-electron chi connectivity index (χ0n) is 7.52. The minimum atomic E-state index is -5.80. The molecule has 0 fully saturated rings. The molecule has 0 aromatic heterocycles. The highest BCUT2D eigenvalue weighted by Gasteiger charge is 2.54. The van der Waals surface area contributed by atoms with Gasteiger partial charge in [0.05, 0.1) is 6.61 Å². The van der Waals surface area contributed by atoms with Gasteiger partial charge in [0.2, 0.25) is 0 Å². The van der Waals surface area contributed by atoms with Gasteiger partial charge in [-0.2, -0.15) is 17.2 Å². The molecule has 0 saturated carbocycles. The third-order valence-electron chi connectivity index (χ3n) is 1.35. The molecule has 0 rings (SSSR count). The summed E-state index contributed by atoms with van der Waals surface area (Å²) in [5.41, 5.74) is 0. The first-order valence-electron chi connectivity index (χ1n) is 3.86. The summed E-state index contributed by atoms with van der Waals surface area (Å²) in [6, 6.07) is 0. The molecule has 0 radical (unpaired) electrons. The van der Waals surface area contributed by atoms with Gasteiger partial charge in [-0.1, -0.05) is 0 Å². The molecule has 0 aliphatic heterocycles. The Bertz CT molecular complexity index is 312. The first-order valence-corrected chi connectivity index (χ1v) is 5.30. The Labute approximate surface area is 84.6 Å². The van der Waals surface area contributed by atoms with E-state index in [1.54, 1.807) is 0 Å². The Morgan fingerprint density at radius 2 is 1.87 bits per heavy atom. The largest absolute Gasteiger partial charge is 0.465 e. The molecule has 0 spiro atoms. The van der Waals surface area contributed by atoms with E-state index in [2.05, 4.69) is 4.74 Å². The summed E-state index contributed by atoms with van der Waals surface area (Å²) in [7, 11) is -5.80. The molecule has 0 aromatic rings. The number of rotatable bonds is 6. The van der Waals surface area contributed by atoms with Gasteiger partial charge < -0.3 is 9.84 Å². The van der Waals surface area contributed by atoms with Crippen LogP contribution in [0.25, 0.3) is 0 Å². The van der Waals surface area contributed by atoms with Crippen LogP contribution in [0, 0.1) is 0 Å². The third kappa shape index (κ3) is 4.06. The van der Waals surface area contributed by atoms with Crippen LogP contribution < -0.4 is 0 Å². The topological polar surface area (TPSA) is 101 Å². The Morgan fingerprint density at radius 3 is 2.27 bits per heavy atom. The minimum Gasteiger partial charge on any atom is -0.460 e. The van der Waals surface area contributed by atoms with Crippen molar-refractivity contribution in [3.05, 3.63) is 0 Å². The zero-order valence-corrected chi connectivity index (χ0v) is 8.34. The number of aliphatic hydroxyl groups excluding tert-OH is 1. The van der Waals surface area contributed by atoms with Crippen LogP contribution in [-0.2, 0) is 19.6 Å². The molecule has 15 heavy (non-hydrogen) atoms. The number of alkyl halides is 2. The standard InChI is InChI=1S/C6H10F2O6S/c7-6(8,15(11,12)13)5(10)14-4-2-1-3-9/h9H,1-4H2,(H,11,12,13). The van der Waals surface area contributed by atoms with E-state index in [1.165, 1.54) is 0 Å². The fourth-order valence-corrected chi connectivity index (χ4v) is 0.838. The Kier molecular flexibility index (Phi) is 5.05. The molecule has 0 unspecified atom stereocenters. The Hall–Kier alpha value is -0.800. The summed E-state index contributed by atoms with van der Waals surface area (Å²) in [5.74, 6) is -2.33. The number of carbonyl (C=O) groups excluding carboxylic acids is 1. The SMILES string of the molecule is O=C(OCCCCO)C(F)(F)S(=O)(=O)O. The number of carbonyl (C=O) groups is 1. The van der Waals surface area contributed by atoms with Crippen LogP contribution >= 0.6 is 0 Å². The van der Waals surface area contributed by atoms with Crippen molar-refractivity contribution in [3.8, 4) is 0 Å². The molecule has 0 atom stereocenters. The minimum absolute atomic E-state index is 0.115. The van der Waals surface area contributed by atoms with E-state index in [-0.39, 0.29) is 19.4 Å². The smallest absolute Gasteiger partial charge is 0.460 e. The molecule has 0 amide bonds. The molecule has 0 aliphatic rings. The average molecular weight is 248 g/mol. The summed E-state index contributed by atoms with van der Waals surface area (Å²) < 4.78 is 56.9. The van der Waals surface area contributed by atoms with Gasteiger partial charge in [0.25, 0.3) is 0 Å². The van der Waals surface area contributed by atoms with Gasteiger partial charge in [-0.05, 0) is 12.8 Å². The number of unbranched alkanes of at least 4 members (excludes halogenated alkanes) is 1. The van der Waals surface area contributed by atoms with E-state index in [9.17, 15) is 22.0 Å². The number of esters is 1. The van der Waals surface area contributed by atoms with Crippen LogP contribution in [-0.4, -0.2) is 42.5 Å². The molecule has 6 nitrogen and oxygen atoms in total. The number of aliphatic hydroxyl groups is 1. The predicted molar refractivity (Wildman–Crippen MR) is 43.8 cm³/mol. The summed E-state index contributed by atoms with van der Waals surface area (Å²) in [5, 5.41) is 3.34. The molecular weight excluding hydrogens is 238 g/mol. The molecule has 9 heteroatoms. The van der Waals surface area contributed by atoms with Crippen LogP contribution in [0.2, 0.25) is 0 Å². The van der Waals surface area contributed by atoms with Crippen molar-refractivity contribution in [1.82, 2.24) is 0 Å². The van der Waals surface area contributed by atoms with Gasteiger partial charge in [0.1, 0.15) is 0 Å². The quantitative estimate of drug-likeness (QED) is 0.383. The third-order valence-corrected chi connectivity index (χ3v) is 2.16. The maximum atomic E-state index is 12.5. The molecule has 0 saturated heterocycles. The van der Waals surface area contributed by atoms with Crippen LogP contribution in [0.4, 0.5) is 8.78 Å². The van der Waals surface area contributed by atoms with Crippen molar-refractivity contribution in [3.63, 3.8) is 0 Å². The summed E-state index contributed by atoms with van der Waals surface area (Å²) in [6.45, 7) is -0.656. The lowest BCUT2D eigenvalue weighted by Gasteiger charge is -2.11. The molecule has 0 heterocycles. The van der Waals surface area contributed by atoms with Crippen molar-refractivity contribution in [2.45, 2.75) is 18.1 Å². The van der Waals surface area contributed by atoms with Gasteiger partial charge >= 0.3 is 21.3 Å². The summed E-state index contributed by atoms with van der Waals surface area (Å²) in [6.07, 6.45) is 0.342. The van der Waals surface area contributed by atoms with E-state index >= 15 is 0 Å². The maximum absolute atomic E-state index is 12.5. The molecule has 90 valence electrons. The molecule has 0 aliphatic carbocycles. The summed E-state index contributed by atoms with van der Waals surface area (Å²) in [4.78, 5) is 10.5. The molecule has 0 aromatic carbocycles.